The van der Waals surface area contributed by atoms with Gasteiger partial charge >= 0.3 is 0 Å². The molecule has 0 aliphatic heterocycles. The fraction of sp³-hybridized carbons (Fsp3) is 0.400. The lowest BCUT2D eigenvalue weighted by atomic mass is 10.3. The van der Waals surface area contributed by atoms with Crippen LogP contribution >= 0.6 is 0 Å². The second kappa shape index (κ2) is 8.78. The first-order valence-electron chi connectivity index (χ1n) is 7.25. The molecular weight excluding hydrogens is 282 g/mol. The SMILES string of the molecule is CCOc1ccccc1Nc1nncc(NCCCOC)n1. The lowest BCUT2D eigenvalue weighted by Gasteiger charge is -2.11. The number of aromatic nitrogens is 3. The Morgan fingerprint density at radius 1 is 1.23 bits per heavy atom. The van der Waals surface area contributed by atoms with Gasteiger partial charge in [-0.2, -0.15) is 10.1 Å². The van der Waals surface area contributed by atoms with Gasteiger partial charge in [-0.3, -0.25) is 0 Å². The largest absolute Gasteiger partial charge is 0.492 e. The van der Waals surface area contributed by atoms with Crippen LogP contribution in [-0.2, 0) is 4.74 Å². The van der Waals surface area contributed by atoms with E-state index in [1.54, 1.807) is 13.3 Å². The molecule has 7 heteroatoms. The van der Waals surface area contributed by atoms with E-state index in [0.717, 1.165) is 24.4 Å². The lowest BCUT2D eigenvalue weighted by Crippen LogP contribution is -2.08. The molecule has 0 saturated heterocycles. The highest BCUT2D eigenvalue weighted by Crippen LogP contribution is 2.25. The monoisotopic (exact) mass is 303 g/mol. The third-order valence-corrected chi connectivity index (χ3v) is 2.82. The predicted molar refractivity (Wildman–Crippen MR) is 85.7 cm³/mol. The standard InChI is InChI=1S/C15H21N5O2/c1-3-22-13-8-5-4-7-12(13)18-15-19-14(11-17-20-15)16-9-6-10-21-2/h4-5,7-8,11H,3,6,9-10H2,1-2H3,(H2,16,18,19,20). The molecule has 0 amide bonds. The van der Waals surface area contributed by atoms with Crippen molar-refractivity contribution in [2.24, 2.45) is 0 Å². The van der Waals surface area contributed by atoms with Gasteiger partial charge in [-0.25, -0.2) is 0 Å². The topological polar surface area (TPSA) is 81.2 Å². The zero-order valence-electron chi connectivity index (χ0n) is 12.9. The molecule has 0 saturated carbocycles. The first-order chi connectivity index (χ1) is 10.8. The van der Waals surface area contributed by atoms with Crippen molar-refractivity contribution in [2.45, 2.75) is 13.3 Å². The van der Waals surface area contributed by atoms with Gasteiger partial charge in [-0.05, 0) is 25.5 Å². The number of nitrogens with one attached hydrogen (secondary N) is 2. The van der Waals surface area contributed by atoms with Gasteiger partial charge in [0.05, 0.1) is 18.5 Å². The molecule has 0 fully saturated rings. The third kappa shape index (κ3) is 4.85. The van der Waals surface area contributed by atoms with E-state index in [9.17, 15) is 0 Å². The van der Waals surface area contributed by atoms with Crippen LogP contribution in [-0.4, -0.2) is 42.0 Å². The van der Waals surface area contributed by atoms with Crippen LogP contribution in [0.25, 0.3) is 0 Å². The van der Waals surface area contributed by atoms with Crippen molar-refractivity contribution in [3.63, 3.8) is 0 Å². The molecule has 0 unspecified atom stereocenters. The maximum atomic E-state index is 5.56. The lowest BCUT2D eigenvalue weighted by molar-refractivity contribution is 0.197. The van der Waals surface area contributed by atoms with E-state index in [4.69, 9.17) is 9.47 Å². The summed E-state index contributed by atoms with van der Waals surface area (Å²) in [5.41, 5.74) is 0.808. The molecule has 0 aliphatic rings. The average Bonchev–Trinajstić information content (AvgIpc) is 2.54. The van der Waals surface area contributed by atoms with Crippen LogP contribution in [0.15, 0.2) is 30.5 Å². The third-order valence-electron chi connectivity index (χ3n) is 2.82. The highest BCUT2D eigenvalue weighted by molar-refractivity contribution is 5.62. The molecule has 1 aromatic carbocycles. The van der Waals surface area contributed by atoms with Gasteiger partial charge in [0.1, 0.15) is 5.75 Å². The van der Waals surface area contributed by atoms with E-state index in [1.165, 1.54) is 0 Å². The summed E-state index contributed by atoms with van der Waals surface area (Å²) in [5, 5.41) is 14.2. The Kier molecular flexibility index (Phi) is 6.38. The molecule has 0 radical (unpaired) electrons. The molecule has 2 N–H and O–H groups in total. The number of para-hydroxylation sites is 2. The minimum Gasteiger partial charge on any atom is -0.492 e. The van der Waals surface area contributed by atoms with E-state index in [2.05, 4.69) is 25.8 Å². The van der Waals surface area contributed by atoms with Crippen molar-refractivity contribution >= 4 is 17.5 Å². The molecule has 22 heavy (non-hydrogen) atoms. The summed E-state index contributed by atoms with van der Waals surface area (Å²) in [4.78, 5) is 4.37. The van der Waals surface area contributed by atoms with E-state index in [0.29, 0.717) is 25.0 Å². The summed E-state index contributed by atoms with van der Waals surface area (Å²) >= 11 is 0. The molecule has 0 spiro atoms. The number of nitrogens with zero attached hydrogens (tertiary/aromatic N) is 3. The van der Waals surface area contributed by atoms with Crippen LogP contribution in [0.5, 0.6) is 5.75 Å². The van der Waals surface area contributed by atoms with Gasteiger partial charge in [0, 0.05) is 20.3 Å². The normalized spacial score (nSPS) is 10.3. The summed E-state index contributed by atoms with van der Waals surface area (Å²) in [6.45, 7) is 4.01. The Morgan fingerprint density at radius 3 is 2.91 bits per heavy atom. The minimum absolute atomic E-state index is 0.420. The van der Waals surface area contributed by atoms with Crippen molar-refractivity contribution in [3.05, 3.63) is 30.5 Å². The molecule has 0 bridgehead atoms. The highest BCUT2D eigenvalue weighted by atomic mass is 16.5. The maximum absolute atomic E-state index is 5.56. The number of ether oxygens (including phenoxy) is 2. The van der Waals surface area contributed by atoms with Crippen molar-refractivity contribution in [1.82, 2.24) is 15.2 Å². The Morgan fingerprint density at radius 2 is 2.09 bits per heavy atom. The number of rotatable bonds is 9. The van der Waals surface area contributed by atoms with Gasteiger partial charge in [0.25, 0.3) is 0 Å². The second-order valence-corrected chi connectivity index (χ2v) is 4.49. The fourth-order valence-corrected chi connectivity index (χ4v) is 1.85. The Hall–Kier alpha value is -2.41. The molecule has 2 rings (SSSR count). The van der Waals surface area contributed by atoms with Crippen LogP contribution in [0.2, 0.25) is 0 Å². The zero-order valence-corrected chi connectivity index (χ0v) is 12.9. The Bertz CT molecular complexity index is 579. The molecule has 118 valence electrons. The number of benzene rings is 1. The van der Waals surface area contributed by atoms with Crippen molar-refractivity contribution in [3.8, 4) is 5.75 Å². The summed E-state index contributed by atoms with van der Waals surface area (Å²) in [6, 6.07) is 7.65. The highest BCUT2D eigenvalue weighted by Gasteiger charge is 2.05. The Labute approximate surface area is 130 Å². The molecule has 0 aliphatic carbocycles. The van der Waals surface area contributed by atoms with Crippen LogP contribution in [0.3, 0.4) is 0 Å². The summed E-state index contributed by atoms with van der Waals surface area (Å²) < 4.78 is 10.6. The van der Waals surface area contributed by atoms with Gasteiger partial charge in [-0.1, -0.05) is 12.1 Å². The van der Waals surface area contributed by atoms with E-state index < -0.39 is 0 Å². The average molecular weight is 303 g/mol. The van der Waals surface area contributed by atoms with Crippen LogP contribution in [0, 0.1) is 0 Å². The van der Waals surface area contributed by atoms with Gasteiger partial charge < -0.3 is 20.1 Å². The molecule has 1 heterocycles. The number of methoxy groups -OCH3 is 1. The minimum atomic E-state index is 0.420. The fourth-order valence-electron chi connectivity index (χ4n) is 1.85. The van der Waals surface area contributed by atoms with Crippen molar-refractivity contribution < 1.29 is 9.47 Å². The van der Waals surface area contributed by atoms with Gasteiger partial charge in [-0.15, -0.1) is 5.10 Å². The molecular formula is C15H21N5O2. The zero-order chi connectivity index (χ0) is 15.6. The van der Waals surface area contributed by atoms with Gasteiger partial charge in [0.2, 0.25) is 5.95 Å². The molecule has 1 aromatic heterocycles. The van der Waals surface area contributed by atoms with E-state index in [1.807, 2.05) is 31.2 Å². The number of hydrogen-bond acceptors (Lipinski definition) is 7. The smallest absolute Gasteiger partial charge is 0.249 e. The predicted octanol–water partition coefficient (Wildman–Crippen LogP) is 2.46. The maximum Gasteiger partial charge on any atom is 0.249 e. The summed E-state index contributed by atoms with van der Waals surface area (Å²) in [6.07, 6.45) is 2.49. The van der Waals surface area contributed by atoms with Gasteiger partial charge in [0.15, 0.2) is 5.82 Å². The Balaban J connectivity index is 2.01. The summed E-state index contributed by atoms with van der Waals surface area (Å²) in [5.74, 6) is 1.85. The van der Waals surface area contributed by atoms with E-state index >= 15 is 0 Å². The molecule has 7 nitrogen and oxygen atoms in total. The number of anilines is 3. The van der Waals surface area contributed by atoms with Crippen LogP contribution in [0.4, 0.5) is 17.5 Å². The van der Waals surface area contributed by atoms with Crippen molar-refractivity contribution in [1.29, 1.82) is 0 Å². The number of hydrogen-bond donors (Lipinski definition) is 2. The molecule has 0 atom stereocenters. The second-order valence-electron chi connectivity index (χ2n) is 4.49. The quantitative estimate of drug-likeness (QED) is 0.689. The molecule has 2 aromatic rings. The van der Waals surface area contributed by atoms with Crippen LogP contribution < -0.4 is 15.4 Å². The first-order valence-corrected chi connectivity index (χ1v) is 7.25. The summed E-state index contributed by atoms with van der Waals surface area (Å²) in [7, 11) is 1.68. The van der Waals surface area contributed by atoms with E-state index in [-0.39, 0.29) is 0 Å². The van der Waals surface area contributed by atoms with Crippen LogP contribution in [0.1, 0.15) is 13.3 Å². The van der Waals surface area contributed by atoms with Crippen molar-refractivity contribution in [2.75, 3.05) is 37.5 Å². The first kappa shape index (κ1) is 16.0.